The highest BCUT2D eigenvalue weighted by molar-refractivity contribution is 14.0. The van der Waals surface area contributed by atoms with Crippen LogP contribution in [0.3, 0.4) is 0 Å². The number of carbonyl (C=O) groups is 2. The molecule has 0 heterocycles. The molecular weight excluding hydrogens is 403 g/mol. The molecule has 23 heavy (non-hydrogen) atoms. The number of hydrazone groups is 1. The number of rotatable bonds is 3. The molecule has 1 aromatic rings. The molecule has 0 radical (unpaired) electrons. The van der Waals surface area contributed by atoms with Crippen LogP contribution < -0.4 is 5.43 Å². The fourth-order valence-corrected chi connectivity index (χ4v) is 3.35. The van der Waals surface area contributed by atoms with Gasteiger partial charge in [-0.3, -0.25) is 9.59 Å². The highest BCUT2D eigenvalue weighted by Gasteiger charge is 2.44. The fourth-order valence-electron chi connectivity index (χ4n) is 3.35. The molecule has 2 saturated carbocycles. The maximum Gasteiger partial charge on any atom is 0.243 e. The van der Waals surface area contributed by atoms with Gasteiger partial charge in [0.15, 0.2) is 0 Å². The first kappa shape index (κ1) is 18.1. The van der Waals surface area contributed by atoms with Crippen molar-refractivity contribution in [2.24, 2.45) is 16.4 Å². The van der Waals surface area contributed by atoms with Crippen LogP contribution in [0.1, 0.15) is 51.0 Å². The van der Waals surface area contributed by atoms with E-state index in [1.54, 1.807) is 0 Å². The van der Waals surface area contributed by atoms with Crippen molar-refractivity contribution in [1.29, 1.82) is 0 Å². The van der Waals surface area contributed by atoms with Crippen molar-refractivity contribution in [3.05, 3.63) is 35.9 Å². The minimum absolute atomic E-state index is 0. The summed E-state index contributed by atoms with van der Waals surface area (Å²) >= 11 is 0. The van der Waals surface area contributed by atoms with E-state index in [2.05, 4.69) is 36.5 Å². The van der Waals surface area contributed by atoms with Gasteiger partial charge in [0.05, 0.1) is 0 Å². The lowest BCUT2D eigenvalue weighted by molar-refractivity contribution is -0.123. The van der Waals surface area contributed by atoms with E-state index in [1.165, 1.54) is 5.56 Å². The van der Waals surface area contributed by atoms with Gasteiger partial charge in [-0.1, -0.05) is 44.2 Å². The molecular formula is C18H23IN2O2. The van der Waals surface area contributed by atoms with Gasteiger partial charge in [0, 0.05) is 24.5 Å². The summed E-state index contributed by atoms with van der Waals surface area (Å²) < 4.78 is 0. The molecule has 2 fully saturated rings. The van der Waals surface area contributed by atoms with Crippen molar-refractivity contribution in [3.63, 3.8) is 0 Å². The quantitative estimate of drug-likeness (QED) is 0.593. The van der Waals surface area contributed by atoms with E-state index < -0.39 is 0 Å². The second kappa shape index (κ2) is 7.11. The van der Waals surface area contributed by atoms with Gasteiger partial charge >= 0.3 is 0 Å². The Hall–Kier alpha value is -1.24. The molecule has 2 aliphatic rings. The summed E-state index contributed by atoms with van der Waals surface area (Å²) in [5.41, 5.74) is 4.63. The maximum atomic E-state index is 12.2. The highest BCUT2D eigenvalue weighted by atomic mass is 127. The second-order valence-electron chi connectivity index (χ2n) is 7.25. The van der Waals surface area contributed by atoms with Crippen LogP contribution in [0, 0.1) is 11.3 Å². The first-order chi connectivity index (χ1) is 10.4. The van der Waals surface area contributed by atoms with Gasteiger partial charge in [-0.05, 0) is 29.7 Å². The average Bonchev–Trinajstić information content (AvgIpc) is 3.24. The van der Waals surface area contributed by atoms with Crippen molar-refractivity contribution < 1.29 is 9.59 Å². The molecule has 2 aliphatic carbocycles. The molecule has 0 aliphatic heterocycles. The van der Waals surface area contributed by atoms with Gasteiger partial charge in [-0.25, -0.2) is 5.43 Å². The number of carbonyl (C=O) groups excluding carboxylic acids is 2. The standard InChI is InChI=1S/C18H22N2O2.HI/c1-18(2)10-13(8-14(21)11-18)19-20-17(22)16-9-15(16)12-6-4-3-5-7-12;/h3-7,15-16H,8-11H2,1-2H3,(H,20,22);1H. The number of benzene rings is 1. The van der Waals surface area contributed by atoms with E-state index in [0.717, 1.165) is 18.6 Å². The van der Waals surface area contributed by atoms with Crippen LogP contribution in [0.25, 0.3) is 0 Å². The normalized spacial score (nSPS) is 27.2. The Morgan fingerprint density at radius 2 is 1.91 bits per heavy atom. The first-order valence-corrected chi connectivity index (χ1v) is 7.86. The number of amides is 1. The Bertz CT molecular complexity index is 625. The summed E-state index contributed by atoms with van der Waals surface area (Å²) in [6.45, 7) is 4.13. The van der Waals surface area contributed by atoms with Gasteiger partial charge < -0.3 is 0 Å². The van der Waals surface area contributed by atoms with E-state index in [1.807, 2.05) is 18.2 Å². The smallest absolute Gasteiger partial charge is 0.243 e. The molecule has 1 aromatic carbocycles. The van der Waals surface area contributed by atoms with Crippen LogP contribution in [0.5, 0.6) is 0 Å². The molecule has 4 nitrogen and oxygen atoms in total. The maximum absolute atomic E-state index is 12.2. The van der Waals surface area contributed by atoms with Gasteiger partial charge in [-0.15, -0.1) is 24.0 Å². The van der Waals surface area contributed by atoms with Crippen LogP contribution in [-0.4, -0.2) is 17.4 Å². The number of nitrogens with zero attached hydrogens (tertiary/aromatic N) is 1. The zero-order valence-corrected chi connectivity index (χ0v) is 15.9. The highest BCUT2D eigenvalue weighted by Crippen LogP contribution is 2.47. The van der Waals surface area contributed by atoms with Crippen LogP contribution in [0.15, 0.2) is 35.4 Å². The van der Waals surface area contributed by atoms with Gasteiger partial charge in [-0.2, -0.15) is 5.10 Å². The predicted octanol–water partition coefficient (Wildman–Crippen LogP) is 3.66. The minimum Gasteiger partial charge on any atom is -0.299 e. The van der Waals surface area contributed by atoms with E-state index in [9.17, 15) is 9.59 Å². The van der Waals surface area contributed by atoms with E-state index >= 15 is 0 Å². The number of hydrogen-bond donors (Lipinski definition) is 1. The Morgan fingerprint density at radius 3 is 2.57 bits per heavy atom. The molecule has 1 amide bonds. The van der Waals surface area contributed by atoms with E-state index in [-0.39, 0.29) is 47.0 Å². The van der Waals surface area contributed by atoms with Crippen molar-refractivity contribution in [2.45, 2.75) is 45.4 Å². The molecule has 0 saturated heterocycles. The Kier molecular flexibility index (Phi) is 5.60. The number of halogens is 1. The molecule has 2 unspecified atom stereocenters. The molecule has 0 aromatic heterocycles. The lowest BCUT2D eigenvalue weighted by Gasteiger charge is -2.29. The topological polar surface area (TPSA) is 58.5 Å². The van der Waals surface area contributed by atoms with Gasteiger partial charge in [0.1, 0.15) is 5.78 Å². The van der Waals surface area contributed by atoms with Crippen molar-refractivity contribution in [2.75, 3.05) is 0 Å². The van der Waals surface area contributed by atoms with Gasteiger partial charge in [0.2, 0.25) is 5.91 Å². The summed E-state index contributed by atoms with van der Waals surface area (Å²) in [5, 5.41) is 4.21. The number of Topliss-reactive ketones (excluding diaryl/α,β-unsaturated/α-hetero) is 1. The van der Waals surface area contributed by atoms with Crippen LogP contribution in [-0.2, 0) is 9.59 Å². The average molecular weight is 426 g/mol. The van der Waals surface area contributed by atoms with Crippen LogP contribution in [0.4, 0.5) is 0 Å². The summed E-state index contributed by atoms with van der Waals surface area (Å²) in [7, 11) is 0. The zero-order chi connectivity index (χ0) is 15.7. The number of hydrogen-bond acceptors (Lipinski definition) is 3. The number of ketones is 1. The molecule has 5 heteroatoms. The fraction of sp³-hybridized carbons (Fsp3) is 0.500. The zero-order valence-electron chi connectivity index (χ0n) is 13.5. The lowest BCUT2D eigenvalue weighted by Crippen LogP contribution is -2.31. The summed E-state index contributed by atoms with van der Waals surface area (Å²) in [5.74, 6) is 0.500. The number of nitrogens with one attached hydrogen (secondary N) is 1. The Morgan fingerprint density at radius 1 is 1.22 bits per heavy atom. The molecule has 0 spiro atoms. The van der Waals surface area contributed by atoms with E-state index in [4.69, 9.17) is 0 Å². The van der Waals surface area contributed by atoms with Crippen molar-refractivity contribution in [3.8, 4) is 0 Å². The molecule has 124 valence electrons. The molecule has 0 bridgehead atoms. The monoisotopic (exact) mass is 426 g/mol. The summed E-state index contributed by atoms with van der Waals surface area (Å²) in [6.07, 6.45) is 2.62. The molecule has 2 atom stereocenters. The summed E-state index contributed by atoms with van der Waals surface area (Å²) in [4.78, 5) is 23.9. The van der Waals surface area contributed by atoms with Crippen molar-refractivity contribution >= 4 is 41.4 Å². The first-order valence-electron chi connectivity index (χ1n) is 7.86. The van der Waals surface area contributed by atoms with Crippen LogP contribution >= 0.6 is 24.0 Å². The van der Waals surface area contributed by atoms with Gasteiger partial charge in [0.25, 0.3) is 0 Å². The lowest BCUT2D eigenvalue weighted by atomic mass is 9.76. The van der Waals surface area contributed by atoms with Crippen LogP contribution in [0.2, 0.25) is 0 Å². The SMILES string of the molecule is CC1(C)CC(=O)CC(=NNC(=O)C2CC2c2ccccc2)C1.I. The third kappa shape index (κ3) is 4.62. The minimum atomic E-state index is -0.0505. The van der Waals surface area contributed by atoms with E-state index in [0.29, 0.717) is 18.8 Å². The summed E-state index contributed by atoms with van der Waals surface area (Å²) in [6, 6.07) is 10.1. The second-order valence-corrected chi connectivity index (χ2v) is 7.25. The molecule has 3 rings (SSSR count). The Labute approximate surface area is 154 Å². The predicted molar refractivity (Wildman–Crippen MR) is 101 cm³/mol. The largest absolute Gasteiger partial charge is 0.299 e. The third-order valence-corrected chi connectivity index (χ3v) is 4.44. The molecule has 1 N–H and O–H groups in total. The third-order valence-electron chi connectivity index (χ3n) is 4.44. The van der Waals surface area contributed by atoms with Crippen molar-refractivity contribution in [1.82, 2.24) is 5.43 Å². The Balaban J connectivity index is 0.00000192.